The number of carbonyl (C=O) groups is 2. The lowest BCUT2D eigenvalue weighted by Crippen LogP contribution is -2.24. The van der Waals surface area contributed by atoms with Crippen LogP contribution in [0.1, 0.15) is 0 Å². The molecule has 11 heavy (non-hydrogen) atoms. The number of hydrogen-bond acceptors (Lipinski definition) is 4. The van der Waals surface area contributed by atoms with E-state index in [1.807, 2.05) is 0 Å². The number of Topliss-reactive ketones (excluding diaryl/α,β-unsaturated/α-hetero) is 1. The normalized spacial score (nSPS) is 10.9. The van der Waals surface area contributed by atoms with Crippen molar-refractivity contribution in [2.75, 3.05) is 11.5 Å². The Hall–Kier alpha value is -0.660. The van der Waals surface area contributed by atoms with Gasteiger partial charge in [0.05, 0.1) is 4.43 Å². The molecule has 0 bridgehead atoms. The van der Waals surface area contributed by atoms with Gasteiger partial charge in [0.15, 0.2) is 0 Å². The van der Waals surface area contributed by atoms with Gasteiger partial charge < -0.3 is 9.94 Å². The highest BCUT2D eigenvalue weighted by atomic mass is 127. The number of ketones is 1. The molecule has 5 nitrogen and oxygen atoms in total. The van der Waals surface area contributed by atoms with Crippen LogP contribution in [0, 0.1) is 0 Å². The second kappa shape index (κ2) is 5.05. The Bertz CT molecular complexity index is 201. The molecule has 0 fully saturated rings. The van der Waals surface area contributed by atoms with E-state index in [2.05, 4.69) is 9.99 Å². The smallest absolute Gasteiger partial charge is 0.361 e. The van der Waals surface area contributed by atoms with Crippen LogP contribution in [0.2, 0.25) is 0 Å². The van der Waals surface area contributed by atoms with E-state index in [1.54, 1.807) is 22.6 Å². The maximum Gasteiger partial charge on any atom is 0.361 e. The lowest BCUT2D eigenvalue weighted by Gasteiger charge is -1.94. The number of halogens is 1. The van der Waals surface area contributed by atoms with Crippen molar-refractivity contribution in [2.45, 2.75) is 0 Å². The number of alkyl halides is 1. The number of aliphatic carboxylic acids is 1. The molecular formula is C5H6INO4. The van der Waals surface area contributed by atoms with E-state index in [9.17, 15) is 9.59 Å². The molecule has 0 rings (SSSR count). The van der Waals surface area contributed by atoms with E-state index in [0.717, 1.165) is 0 Å². The van der Waals surface area contributed by atoms with Crippen LogP contribution >= 0.6 is 22.6 Å². The molecule has 0 atom stereocenters. The summed E-state index contributed by atoms with van der Waals surface area (Å²) in [4.78, 5) is 25.2. The van der Waals surface area contributed by atoms with Crippen LogP contribution < -0.4 is 0 Å². The van der Waals surface area contributed by atoms with Gasteiger partial charge in [-0.15, -0.1) is 0 Å². The SMILES string of the molecule is CON=C(C(=O)O)C(=O)CI. The molecule has 0 amide bonds. The molecule has 0 spiro atoms. The van der Waals surface area contributed by atoms with Gasteiger partial charge >= 0.3 is 5.97 Å². The van der Waals surface area contributed by atoms with Gasteiger partial charge in [-0.3, -0.25) is 4.79 Å². The molecule has 1 N–H and O–H groups in total. The van der Waals surface area contributed by atoms with E-state index in [-0.39, 0.29) is 4.43 Å². The fourth-order valence-electron chi connectivity index (χ4n) is 0.364. The van der Waals surface area contributed by atoms with Gasteiger partial charge in [-0.25, -0.2) is 4.79 Å². The molecule has 0 unspecified atom stereocenters. The van der Waals surface area contributed by atoms with Crippen molar-refractivity contribution in [1.29, 1.82) is 0 Å². The quantitative estimate of drug-likeness (QED) is 0.258. The second-order valence-electron chi connectivity index (χ2n) is 1.48. The molecule has 0 aliphatic heterocycles. The summed E-state index contributed by atoms with van der Waals surface area (Å²) in [5, 5.41) is 11.4. The zero-order chi connectivity index (χ0) is 8.85. The first-order valence-corrected chi connectivity index (χ1v) is 4.09. The van der Waals surface area contributed by atoms with Crippen molar-refractivity contribution in [2.24, 2.45) is 5.16 Å². The minimum absolute atomic E-state index is 0.0756. The highest BCUT2D eigenvalue weighted by Crippen LogP contribution is 1.89. The first-order chi connectivity index (χ1) is 5.13. The van der Waals surface area contributed by atoms with Crippen molar-refractivity contribution in [3.8, 4) is 0 Å². The van der Waals surface area contributed by atoms with Gasteiger partial charge in [0, 0.05) is 0 Å². The molecule has 0 aliphatic carbocycles. The van der Waals surface area contributed by atoms with Gasteiger partial charge in [-0.1, -0.05) is 27.7 Å². The zero-order valence-electron chi connectivity index (χ0n) is 5.70. The highest BCUT2D eigenvalue weighted by molar-refractivity contribution is 14.1. The van der Waals surface area contributed by atoms with Gasteiger partial charge in [-0.05, 0) is 0 Å². The first kappa shape index (κ1) is 10.3. The lowest BCUT2D eigenvalue weighted by atomic mass is 10.3. The number of oxime groups is 1. The fourth-order valence-corrected chi connectivity index (χ4v) is 0.725. The summed E-state index contributed by atoms with van der Waals surface area (Å²) < 4.78 is 0.0756. The Morgan fingerprint density at radius 2 is 2.18 bits per heavy atom. The summed E-state index contributed by atoms with van der Waals surface area (Å²) in [7, 11) is 1.18. The molecule has 0 aromatic rings. The van der Waals surface area contributed by atoms with Crippen LogP contribution in [-0.2, 0) is 14.4 Å². The summed E-state index contributed by atoms with van der Waals surface area (Å²) >= 11 is 1.75. The zero-order valence-corrected chi connectivity index (χ0v) is 7.86. The summed E-state index contributed by atoms with van der Waals surface area (Å²) in [6.45, 7) is 0. The van der Waals surface area contributed by atoms with E-state index >= 15 is 0 Å². The number of carboxylic acid groups (broad SMARTS) is 1. The Kier molecular flexibility index (Phi) is 4.75. The number of carboxylic acids is 1. The van der Waals surface area contributed by atoms with E-state index in [0.29, 0.717) is 0 Å². The van der Waals surface area contributed by atoms with Crippen LogP contribution in [0.25, 0.3) is 0 Å². The molecule has 0 radical (unpaired) electrons. The van der Waals surface area contributed by atoms with E-state index in [1.165, 1.54) is 7.11 Å². The van der Waals surface area contributed by atoms with Crippen LogP contribution in [-0.4, -0.2) is 34.1 Å². The van der Waals surface area contributed by atoms with E-state index < -0.39 is 17.5 Å². The number of hydrogen-bond donors (Lipinski definition) is 1. The highest BCUT2D eigenvalue weighted by Gasteiger charge is 2.18. The Morgan fingerprint density at radius 1 is 1.64 bits per heavy atom. The fraction of sp³-hybridized carbons (Fsp3) is 0.400. The first-order valence-electron chi connectivity index (χ1n) is 2.57. The average Bonchev–Trinajstić information content (AvgIpc) is 1.98. The number of rotatable bonds is 4. The Balaban J connectivity index is 4.48. The van der Waals surface area contributed by atoms with Crippen molar-refractivity contribution >= 4 is 40.1 Å². The predicted molar refractivity (Wildman–Crippen MR) is 46.0 cm³/mol. The van der Waals surface area contributed by atoms with Crippen molar-refractivity contribution < 1.29 is 19.5 Å². The minimum atomic E-state index is -1.37. The number of carbonyl (C=O) groups excluding carboxylic acids is 1. The maximum atomic E-state index is 10.7. The molecule has 0 aliphatic rings. The topological polar surface area (TPSA) is 76.0 Å². The molecule has 6 heteroatoms. The van der Waals surface area contributed by atoms with Gasteiger partial charge in [0.25, 0.3) is 0 Å². The second-order valence-corrected chi connectivity index (χ2v) is 2.25. The van der Waals surface area contributed by atoms with Crippen molar-refractivity contribution in [3.63, 3.8) is 0 Å². The minimum Gasteiger partial charge on any atom is -0.476 e. The lowest BCUT2D eigenvalue weighted by molar-refractivity contribution is -0.130. The third kappa shape index (κ3) is 3.30. The van der Waals surface area contributed by atoms with Crippen LogP contribution in [0.15, 0.2) is 5.16 Å². The monoisotopic (exact) mass is 271 g/mol. The van der Waals surface area contributed by atoms with Gasteiger partial charge in [0.1, 0.15) is 7.11 Å². The van der Waals surface area contributed by atoms with Gasteiger partial charge in [-0.2, -0.15) is 0 Å². The molecule has 62 valence electrons. The van der Waals surface area contributed by atoms with Crippen molar-refractivity contribution in [1.82, 2.24) is 0 Å². The average molecular weight is 271 g/mol. The maximum absolute atomic E-state index is 10.7. The van der Waals surface area contributed by atoms with Crippen LogP contribution in [0.5, 0.6) is 0 Å². The summed E-state index contributed by atoms with van der Waals surface area (Å²) in [5.74, 6) is -1.92. The van der Waals surface area contributed by atoms with Crippen LogP contribution in [0.4, 0.5) is 0 Å². The summed E-state index contributed by atoms with van der Waals surface area (Å²) in [6, 6.07) is 0. The predicted octanol–water partition coefficient (Wildman–Crippen LogP) is 0.0775. The molecule has 0 saturated carbocycles. The Labute approximate surface area is 76.5 Å². The largest absolute Gasteiger partial charge is 0.476 e. The van der Waals surface area contributed by atoms with E-state index in [4.69, 9.17) is 5.11 Å². The third-order valence-electron chi connectivity index (χ3n) is 0.771. The van der Waals surface area contributed by atoms with Crippen LogP contribution in [0.3, 0.4) is 0 Å². The summed E-state index contributed by atoms with van der Waals surface area (Å²) in [6.07, 6.45) is 0. The van der Waals surface area contributed by atoms with Gasteiger partial charge in [0.2, 0.25) is 11.5 Å². The third-order valence-corrected chi connectivity index (χ3v) is 1.46. The molecule has 0 saturated heterocycles. The summed E-state index contributed by atoms with van der Waals surface area (Å²) in [5.41, 5.74) is -0.568. The molecule has 0 aromatic heterocycles. The molecule has 0 heterocycles. The Morgan fingerprint density at radius 3 is 2.45 bits per heavy atom. The molecule has 0 aromatic carbocycles. The standard InChI is InChI=1S/C5H6INO4/c1-11-7-4(5(9)10)3(8)2-6/h2H2,1H3,(H,9,10). The van der Waals surface area contributed by atoms with Crippen molar-refractivity contribution in [3.05, 3.63) is 0 Å². The molecular weight excluding hydrogens is 265 g/mol. The number of nitrogens with zero attached hydrogens (tertiary/aromatic N) is 1.